The number of halogens is 1. The van der Waals surface area contributed by atoms with Crippen LogP contribution in [0.2, 0.25) is 5.02 Å². The third-order valence-corrected chi connectivity index (χ3v) is 5.10. The highest BCUT2D eigenvalue weighted by Crippen LogP contribution is 2.30. The molecule has 0 saturated heterocycles. The fourth-order valence-corrected chi connectivity index (χ4v) is 3.72. The normalized spacial score (nSPS) is 13.0. The summed E-state index contributed by atoms with van der Waals surface area (Å²) >= 11 is 6.06. The summed E-state index contributed by atoms with van der Waals surface area (Å²) in [6, 6.07) is 9.47. The molecule has 0 bridgehead atoms. The quantitative estimate of drug-likeness (QED) is 0.536. The smallest absolute Gasteiger partial charge is 0.271 e. The van der Waals surface area contributed by atoms with Crippen LogP contribution in [0.1, 0.15) is 36.2 Å². The number of nitrogens with one attached hydrogen (secondary N) is 2. The zero-order valence-electron chi connectivity index (χ0n) is 16.8. The molecular weight excluding hydrogens is 408 g/mol. The van der Waals surface area contributed by atoms with E-state index in [0.29, 0.717) is 17.8 Å². The van der Waals surface area contributed by atoms with E-state index in [4.69, 9.17) is 11.6 Å². The number of hydrogen-bond acceptors (Lipinski definition) is 5. The molecule has 8 nitrogen and oxygen atoms in total. The van der Waals surface area contributed by atoms with E-state index < -0.39 is 4.92 Å². The van der Waals surface area contributed by atoms with Gasteiger partial charge in [-0.3, -0.25) is 19.7 Å². The number of amides is 2. The zero-order valence-corrected chi connectivity index (χ0v) is 17.5. The molecule has 0 unspecified atom stereocenters. The highest BCUT2D eigenvalue weighted by molar-refractivity contribution is 6.34. The lowest BCUT2D eigenvalue weighted by molar-refractivity contribution is -0.384. The van der Waals surface area contributed by atoms with Gasteiger partial charge in [0.15, 0.2) is 0 Å². The molecule has 2 N–H and O–H groups in total. The topological polar surface area (TPSA) is 105 Å². The molecule has 0 aromatic heterocycles. The Morgan fingerprint density at radius 3 is 2.70 bits per heavy atom. The van der Waals surface area contributed by atoms with E-state index in [0.717, 1.165) is 24.1 Å². The number of nitro groups is 1. The first-order valence-corrected chi connectivity index (χ1v) is 10.1. The molecule has 9 heteroatoms. The van der Waals surface area contributed by atoms with E-state index in [1.807, 2.05) is 30.9 Å². The molecule has 1 heterocycles. The maximum atomic E-state index is 12.6. The number of nitrogens with zero attached hydrogens (tertiary/aromatic N) is 2. The molecule has 1 aliphatic heterocycles. The van der Waals surface area contributed by atoms with Crippen LogP contribution in [0, 0.1) is 10.1 Å². The third-order valence-electron chi connectivity index (χ3n) is 4.78. The Labute approximate surface area is 179 Å². The maximum absolute atomic E-state index is 12.6. The first-order chi connectivity index (χ1) is 14.3. The van der Waals surface area contributed by atoms with Crippen molar-refractivity contribution in [2.75, 3.05) is 23.3 Å². The number of nitro benzene ring substituents is 1. The predicted octanol–water partition coefficient (Wildman–Crippen LogP) is 3.78. The molecule has 3 rings (SSSR count). The van der Waals surface area contributed by atoms with Crippen molar-refractivity contribution < 1.29 is 14.5 Å². The standard InChI is InChI=1S/C21H23ClN4O4/c1-13(2)23-21(28)16-5-3-7-19-15(16)6-4-10-25(19)12-20(27)24-18-9-8-14(26(29)30)11-17(18)22/h3,5,7-9,11,13H,4,6,10,12H2,1-2H3,(H,23,28)(H,24,27). The summed E-state index contributed by atoms with van der Waals surface area (Å²) in [5.74, 6) is -0.415. The van der Waals surface area contributed by atoms with E-state index in [-0.39, 0.29) is 35.1 Å². The lowest BCUT2D eigenvalue weighted by atomic mass is 9.95. The van der Waals surface area contributed by atoms with Crippen LogP contribution in [0.4, 0.5) is 17.1 Å². The molecule has 2 aromatic rings. The highest BCUT2D eigenvalue weighted by Gasteiger charge is 2.24. The van der Waals surface area contributed by atoms with Crippen LogP contribution in [-0.4, -0.2) is 35.9 Å². The van der Waals surface area contributed by atoms with Gasteiger partial charge in [0.1, 0.15) is 0 Å². The van der Waals surface area contributed by atoms with Crippen molar-refractivity contribution >= 4 is 40.5 Å². The molecule has 1 aliphatic rings. The first-order valence-electron chi connectivity index (χ1n) is 9.67. The first kappa shape index (κ1) is 21.6. The van der Waals surface area contributed by atoms with Crippen LogP contribution in [0.25, 0.3) is 0 Å². The summed E-state index contributed by atoms with van der Waals surface area (Å²) in [6.45, 7) is 4.58. The molecule has 0 aliphatic carbocycles. The number of hydrogen-bond donors (Lipinski definition) is 2. The van der Waals surface area contributed by atoms with Gasteiger partial charge in [0.25, 0.3) is 11.6 Å². The summed E-state index contributed by atoms with van der Waals surface area (Å²) in [4.78, 5) is 37.3. The van der Waals surface area contributed by atoms with E-state index in [1.165, 1.54) is 18.2 Å². The molecule has 2 aromatic carbocycles. The average Bonchev–Trinajstić information content (AvgIpc) is 2.68. The molecule has 30 heavy (non-hydrogen) atoms. The number of fused-ring (bicyclic) bond motifs is 1. The minimum absolute atomic E-state index is 0.0327. The zero-order chi connectivity index (χ0) is 21.8. The van der Waals surface area contributed by atoms with Gasteiger partial charge in [-0.2, -0.15) is 0 Å². The van der Waals surface area contributed by atoms with Gasteiger partial charge < -0.3 is 15.5 Å². The molecule has 0 atom stereocenters. The lowest BCUT2D eigenvalue weighted by Crippen LogP contribution is -2.38. The summed E-state index contributed by atoms with van der Waals surface area (Å²) in [5.41, 5.74) is 2.60. The van der Waals surface area contributed by atoms with Crippen molar-refractivity contribution in [3.05, 3.63) is 62.7 Å². The maximum Gasteiger partial charge on any atom is 0.271 e. The van der Waals surface area contributed by atoms with Crippen molar-refractivity contribution in [2.45, 2.75) is 32.7 Å². The Bertz CT molecular complexity index is 993. The summed E-state index contributed by atoms with van der Waals surface area (Å²) in [6.07, 6.45) is 1.59. The van der Waals surface area contributed by atoms with Crippen molar-refractivity contribution in [1.82, 2.24) is 5.32 Å². The number of non-ortho nitro benzene ring substituents is 1. The van der Waals surface area contributed by atoms with Gasteiger partial charge in [-0.05, 0) is 50.5 Å². The molecule has 0 radical (unpaired) electrons. The van der Waals surface area contributed by atoms with Crippen LogP contribution >= 0.6 is 11.6 Å². The number of rotatable bonds is 6. The van der Waals surface area contributed by atoms with Gasteiger partial charge in [-0.25, -0.2) is 0 Å². The van der Waals surface area contributed by atoms with Crippen molar-refractivity contribution in [2.24, 2.45) is 0 Å². The van der Waals surface area contributed by atoms with Gasteiger partial charge >= 0.3 is 0 Å². The fourth-order valence-electron chi connectivity index (χ4n) is 3.50. The van der Waals surface area contributed by atoms with Crippen molar-refractivity contribution in [3.8, 4) is 0 Å². The molecule has 2 amide bonds. The van der Waals surface area contributed by atoms with Crippen LogP contribution in [0.3, 0.4) is 0 Å². The van der Waals surface area contributed by atoms with Crippen LogP contribution < -0.4 is 15.5 Å². The second kappa shape index (κ2) is 9.13. The Morgan fingerprint density at radius 1 is 1.27 bits per heavy atom. The molecular formula is C21H23ClN4O4. The van der Waals surface area contributed by atoms with Gasteiger partial charge in [0.05, 0.1) is 22.2 Å². The van der Waals surface area contributed by atoms with Crippen LogP contribution in [-0.2, 0) is 11.2 Å². The largest absolute Gasteiger partial charge is 0.362 e. The van der Waals surface area contributed by atoms with Gasteiger partial charge in [0.2, 0.25) is 5.91 Å². The number of anilines is 2. The van der Waals surface area contributed by atoms with E-state index in [1.54, 1.807) is 6.07 Å². The van der Waals surface area contributed by atoms with E-state index >= 15 is 0 Å². The minimum Gasteiger partial charge on any atom is -0.362 e. The fraction of sp³-hybridized carbons (Fsp3) is 0.333. The summed E-state index contributed by atoms with van der Waals surface area (Å²) < 4.78 is 0. The lowest BCUT2D eigenvalue weighted by Gasteiger charge is -2.32. The summed E-state index contributed by atoms with van der Waals surface area (Å²) in [7, 11) is 0. The SMILES string of the molecule is CC(C)NC(=O)c1cccc2c1CCCN2CC(=O)Nc1ccc([N+](=O)[O-])cc1Cl. The Morgan fingerprint density at radius 2 is 2.03 bits per heavy atom. The third kappa shape index (κ3) is 4.88. The van der Waals surface area contributed by atoms with Gasteiger partial charge in [-0.15, -0.1) is 0 Å². The molecule has 0 spiro atoms. The predicted molar refractivity (Wildman–Crippen MR) is 116 cm³/mol. The number of carbonyl (C=O) groups excluding carboxylic acids is 2. The Kier molecular flexibility index (Phi) is 6.56. The second-order valence-electron chi connectivity index (χ2n) is 7.43. The average molecular weight is 431 g/mol. The van der Waals surface area contributed by atoms with E-state index in [2.05, 4.69) is 10.6 Å². The second-order valence-corrected chi connectivity index (χ2v) is 7.83. The summed E-state index contributed by atoms with van der Waals surface area (Å²) in [5, 5.41) is 16.5. The monoisotopic (exact) mass is 430 g/mol. The molecule has 158 valence electrons. The Hall–Kier alpha value is -3.13. The molecule has 0 saturated carbocycles. The highest BCUT2D eigenvalue weighted by atomic mass is 35.5. The number of carbonyl (C=O) groups is 2. The van der Waals surface area contributed by atoms with Crippen LogP contribution in [0.5, 0.6) is 0 Å². The van der Waals surface area contributed by atoms with Crippen LogP contribution in [0.15, 0.2) is 36.4 Å². The minimum atomic E-state index is -0.546. The number of benzene rings is 2. The molecule has 0 fully saturated rings. The van der Waals surface area contributed by atoms with Crippen molar-refractivity contribution in [3.63, 3.8) is 0 Å². The van der Waals surface area contributed by atoms with Crippen molar-refractivity contribution in [1.29, 1.82) is 0 Å². The van der Waals surface area contributed by atoms with E-state index in [9.17, 15) is 19.7 Å². The van der Waals surface area contributed by atoms with Gasteiger partial charge in [-0.1, -0.05) is 17.7 Å². The van der Waals surface area contributed by atoms with Gasteiger partial charge in [0, 0.05) is 36.0 Å². The Balaban J connectivity index is 1.75.